The lowest BCUT2D eigenvalue weighted by atomic mass is 10.1. The van der Waals surface area contributed by atoms with Crippen molar-refractivity contribution in [3.63, 3.8) is 0 Å². The van der Waals surface area contributed by atoms with E-state index >= 15 is 0 Å². The Hall–Kier alpha value is -2.60. The van der Waals surface area contributed by atoms with Crippen LogP contribution in [-0.4, -0.2) is 15.5 Å². The molecule has 1 saturated carbocycles. The first-order valence-electron chi connectivity index (χ1n) is 7.47. The third-order valence-electron chi connectivity index (χ3n) is 3.97. The summed E-state index contributed by atoms with van der Waals surface area (Å²) in [6.07, 6.45) is 5.62. The summed E-state index contributed by atoms with van der Waals surface area (Å²) in [5.74, 6) is 0.498. The van der Waals surface area contributed by atoms with Crippen LogP contribution in [0.1, 0.15) is 34.0 Å². The van der Waals surface area contributed by atoms with Crippen molar-refractivity contribution in [3.05, 3.63) is 69.0 Å². The lowest BCUT2D eigenvalue weighted by Gasteiger charge is -2.07. The number of benzene rings is 1. The number of imidazole rings is 1. The van der Waals surface area contributed by atoms with Crippen LogP contribution in [0.3, 0.4) is 0 Å². The Morgan fingerprint density at radius 1 is 1.22 bits per heavy atom. The topological polar surface area (TPSA) is 66.9 Å². The zero-order valence-corrected chi connectivity index (χ0v) is 13.1. The van der Waals surface area contributed by atoms with E-state index < -0.39 is 0 Å². The van der Waals surface area contributed by atoms with Gasteiger partial charge in [-0.2, -0.15) is 0 Å². The highest BCUT2D eigenvalue weighted by atomic mass is 32.1. The molecule has 1 amide bonds. The summed E-state index contributed by atoms with van der Waals surface area (Å²) in [7, 11) is 0. The maximum absolute atomic E-state index is 12.4. The molecule has 3 aromatic rings. The lowest BCUT2D eigenvalue weighted by Crippen LogP contribution is -2.14. The molecular formula is C17H15N3O2S. The number of H-pyrrole nitrogens is 1. The molecule has 1 aliphatic rings. The van der Waals surface area contributed by atoms with Crippen molar-refractivity contribution < 1.29 is 4.79 Å². The van der Waals surface area contributed by atoms with Crippen LogP contribution >= 0.6 is 11.3 Å². The van der Waals surface area contributed by atoms with Crippen LogP contribution < -0.4 is 11.0 Å². The van der Waals surface area contributed by atoms with E-state index in [2.05, 4.69) is 16.4 Å². The Labute approximate surface area is 136 Å². The van der Waals surface area contributed by atoms with Crippen LogP contribution in [-0.2, 0) is 0 Å². The number of nitrogens with one attached hydrogen (secondary N) is 2. The van der Waals surface area contributed by atoms with Crippen LogP contribution in [0.4, 0.5) is 5.69 Å². The highest BCUT2D eigenvalue weighted by Gasteiger charge is 2.28. The maximum atomic E-state index is 12.4. The third kappa shape index (κ3) is 2.73. The average Bonchev–Trinajstić information content (AvgIpc) is 3.12. The van der Waals surface area contributed by atoms with Gasteiger partial charge in [-0.25, -0.2) is 4.79 Å². The van der Waals surface area contributed by atoms with Crippen LogP contribution in [0.2, 0.25) is 0 Å². The van der Waals surface area contributed by atoms with Crippen molar-refractivity contribution in [2.75, 3.05) is 5.32 Å². The molecule has 5 nitrogen and oxygen atoms in total. The van der Waals surface area contributed by atoms with Gasteiger partial charge in [0.15, 0.2) is 0 Å². The molecule has 1 aromatic carbocycles. The van der Waals surface area contributed by atoms with Gasteiger partial charge in [0.25, 0.3) is 5.91 Å². The summed E-state index contributed by atoms with van der Waals surface area (Å²) >= 11 is 1.49. The molecule has 4 rings (SSSR count). The fourth-order valence-electron chi connectivity index (χ4n) is 2.64. The highest BCUT2D eigenvalue weighted by molar-refractivity contribution is 7.12. The normalized spacial score (nSPS) is 13.9. The van der Waals surface area contributed by atoms with Gasteiger partial charge in [0, 0.05) is 18.1 Å². The molecule has 116 valence electrons. The highest BCUT2D eigenvalue weighted by Crippen LogP contribution is 2.43. The molecule has 2 heterocycles. The Bertz CT molecular complexity index is 900. The number of anilines is 1. The first-order valence-corrected chi connectivity index (χ1v) is 8.35. The average molecular weight is 325 g/mol. The van der Waals surface area contributed by atoms with E-state index in [0.29, 0.717) is 5.92 Å². The van der Waals surface area contributed by atoms with Crippen molar-refractivity contribution in [2.45, 2.75) is 18.8 Å². The first-order chi connectivity index (χ1) is 11.2. The number of hydrogen-bond acceptors (Lipinski definition) is 3. The molecule has 23 heavy (non-hydrogen) atoms. The number of carbonyl (C=O) groups is 1. The smallest absolute Gasteiger partial charge is 0.321 e. The third-order valence-corrected chi connectivity index (χ3v) is 4.90. The van der Waals surface area contributed by atoms with Gasteiger partial charge in [0.05, 0.1) is 10.6 Å². The van der Waals surface area contributed by atoms with E-state index in [1.54, 1.807) is 36.7 Å². The van der Waals surface area contributed by atoms with E-state index in [0.717, 1.165) is 16.3 Å². The molecule has 0 radical (unpaired) electrons. The Morgan fingerprint density at radius 3 is 2.65 bits per heavy atom. The van der Waals surface area contributed by atoms with Crippen molar-refractivity contribution in [3.8, 4) is 5.69 Å². The van der Waals surface area contributed by atoms with E-state index in [-0.39, 0.29) is 11.6 Å². The molecule has 1 aliphatic carbocycles. The van der Waals surface area contributed by atoms with Crippen LogP contribution in [0.15, 0.2) is 52.9 Å². The summed E-state index contributed by atoms with van der Waals surface area (Å²) in [6.45, 7) is 0. The van der Waals surface area contributed by atoms with Gasteiger partial charge in [-0.3, -0.25) is 9.36 Å². The van der Waals surface area contributed by atoms with Gasteiger partial charge in [-0.1, -0.05) is 0 Å². The Balaban J connectivity index is 1.53. The van der Waals surface area contributed by atoms with E-state index in [4.69, 9.17) is 0 Å². The number of aromatic amines is 1. The zero-order chi connectivity index (χ0) is 15.8. The van der Waals surface area contributed by atoms with Gasteiger partial charge in [0.2, 0.25) is 0 Å². The summed E-state index contributed by atoms with van der Waals surface area (Å²) in [5, 5.41) is 4.91. The number of nitrogens with zero attached hydrogens (tertiary/aromatic N) is 1. The molecule has 6 heteroatoms. The summed E-state index contributed by atoms with van der Waals surface area (Å²) in [6, 6.07) is 9.27. The molecular weight excluding hydrogens is 310 g/mol. The Morgan fingerprint density at radius 2 is 2.00 bits per heavy atom. The molecule has 2 N–H and O–H groups in total. The minimum absolute atomic E-state index is 0.0616. The van der Waals surface area contributed by atoms with Gasteiger partial charge in [-0.05, 0) is 60.0 Å². The largest absolute Gasteiger partial charge is 0.330 e. The quantitative estimate of drug-likeness (QED) is 0.772. The fraction of sp³-hybridized carbons (Fsp3) is 0.176. The van der Waals surface area contributed by atoms with Crippen LogP contribution in [0.25, 0.3) is 5.69 Å². The number of rotatable bonds is 4. The van der Waals surface area contributed by atoms with Gasteiger partial charge >= 0.3 is 5.69 Å². The molecule has 1 fully saturated rings. The van der Waals surface area contributed by atoms with E-state index in [1.165, 1.54) is 34.3 Å². The zero-order valence-electron chi connectivity index (χ0n) is 12.3. The fourth-order valence-corrected chi connectivity index (χ4v) is 3.52. The second-order valence-electron chi connectivity index (χ2n) is 5.62. The van der Waals surface area contributed by atoms with Gasteiger partial charge in [0.1, 0.15) is 0 Å². The summed E-state index contributed by atoms with van der Waals surface area (Å²) < 4.78 is 1.51. The molecule has 0 unspecified atom stereocenters. The molecule has 0 saturated heterocycles. The molecule has 0 atom stereocenters. The van der Waals surface area contributed by atoms with Crippen LogP contribution in [0, 0.1) is 0 Å². The summed E-state index contributed by atoms with van der Waals surface area (Å²) in [4.78, 5) is 27.4. The second-order valence-corrected chi connectivity index (χ2v) is 6.53. The van der Waals surface area contributed by atoms with Crippen molar-refractivity contribution in [1.29, 1.82) is 0 Å². The summed E-state index contributed by atoms with van der Waals surface area (Å²) in [5.41, 5.74) is 2.46. The molecule has 2 aromatic heterocycles. The van der Waals surface area contributed by atoms with Gasteiger partial charge in [-0.15, -0.1) is 11.3 Å². The van der Waals surface area contributed by atoms with Gasteiger partial charge < -0.3 is 10.3 Å². The number of aromatic nitrogens is 2. The molecule has 0 spiro atoms. The van der Waals surface area contributed by atoms with Crippen LogP contribution in [0.5, 0.6) is 0 Å². The number of hydrogen-bond donors (Lipinski definition) is 2. The van der Waals surface area contributed by atoms with Crippen molar-refractivity contribution in [2.24, 2.45) is 0 Å². The number of amides is 1. The minimum atomic E-state index is -0.186. The molecule has 0 bridgehead atoms. The number of thiophene rings is 1. The first kappa shape index (κ1) is 14.0. The van der Waals surface area contributed by atoms with Crippen molar-refractivity contribution in [1.82, 2.24) is 9.55 Å². The maximum Gasteiger partial charge on any atom is 0.330 e. The predicted molar refractivity (Wildman–Crippen MR) is 90.6 cm³/mol. The predicted octanol–water partition coefficient (Wildman–Crippen LogP) is 3.36. The second kappa shape index (κ2) is 5.55. The minimum Gasteiger partial charge on any atom is -0.321 e. The van der Waals surface area contributed by atoms with E-state index in [1.807, 2.05) is 5.38 Å². The lowest BCUT2D eigenvalue weighted by molar-refractivity contribution is 0.102. The molecule has 0 aliphatic heterocycles. The van der Waals surface area contributed by atoms with E-state index in [9.17, 15) is 9.59 Å². The Kier molecular flexibility index (Phi) is 3.38. The number of carbonyl (C=O) groups excluding carboxylic acids is 1. The monoisotopic (exact) mass is 325 g/mol. The van der Waals surface area contributed by atoms with Crippen molar-refractivity contribution >= 4 is 22.9 Å². The standard InChI is InChI=1S/C17H15N3O2S/c21-16(15-14(7-10-23-15)11-1-2-11)19-12-3-5-13(6-4-12)20-9-8-18-17(20)22/h3-11H,1-2H2,(H,18,22)(H,19,21). The SMILES string of the molecule is O=C(Nc1ccc(-n2cc[nH]c2=O)cc1)c1sccc1C1CC1.